The molecule has 1 aromatic carbocycles. The van der Waals surface area contributed by atoms with Crippen molar-refractivity contribution in [1.29, 1.82) is 0 Å². The number of ether oxygens (including phenoxy) is 1. The van der Waals surface area contributed by atoms with E-state index in [0.29, 0.717) is 5.02 Å². The van der Waals surface area contributed by atoms with Gasteiger partial charge in [0, 0.05) is 26.8 Å². The van der Waals surface area contributed by atoms with Gasteiger partial charge in [-0.1, -0.05) is 24.6 Å². The van der Waals surface area contributed by atoms with E-state index in [1.54, 1.807) is 7.11 Å². The van der Waals surface area contributed by atoms with Crippen molar-refractivity contribution >= 4 is 22.9 Å². The van der Waals surface area contributed by atoms with Gasteiger partial charge >= 0.3 is 0 Å². The van der Waals surface area contributed by atoms with Crippen molar-refractivity contribution in [2.75, 3.05) is 7.11 Å². The molecule has 0 saturated heterocycles. The van der Waals surface area contributed by atoms with Crippen LogP contribution in [0, 0.1) is 0 Å². The highest BCUT2D eigenvalue weighted by Gasteiger charge is 2.16. The van der Waals surface area contributed by atoms with Crippen LogP contribution in [0.5, 0.6) is 5.75 Å². The molecular formula is C15H19ClN2OS. The van der Waals surface area contributed by atoms with E-state index < -0.39 is 0 Å². The summed E-state index contributed by atoms with van der Waals surface area (Å²) in [4.78, 5) is 2.70. The van der Waals surface area contributed by atoms with Crippen molar-refractivity contribution in [1.82, 2.24) is 5.43 Å². The predicted molar refractivity (Wildman–Crippen MR) is 85.5 cm³/mol. The van der Waals surface area contributed by atoms with E-state index in [1.165, 1.54) is 9.75 Å². The number of nitrogens with one attached hydrogen (secondary N) is 1. The lowest BCUT2D eigenvalue weighted by Crippen LogP contribution is -2.29. The molecule has 0 aliphatic heterocycles. The lowest BCUT2D eigenvalue weighted by atomic mass is 10.0. The van der Waals surface area contributed by atoms with Gasteiger partial charge in [0.05, 0.1) is 13.2 Å². The molecule has 0 spiro atoms. The molecule has 0 aliphatic rings. The first-order chi connectivity index (χ1) is 9.67. The van der Waals surface area contributed by atoms with Crippen LogP contribution in [0.4, 0.5) is 0 Å². The molecule has 1 unspecified atom stereocenters. The van der Waals surface area contributed by atoms with Gasteiger partial charge in [-0.3, -0.25) is 11.3 Å². The number of rotatable bonds is 6. The quantitative estimate of drug-likeness (QED) is 0.631. The Balaban J connectivity index is 2.23. The van der Waals surface area contributed by atoms with Crippen LogP contribution in [0.15, 0.2) is 30.3 Å². The van der Waals surface area contributed by atoms with Gasteiger partial charge in [-0.2, -0.15) is 0 Å². The van der Waals surface area contributed by atoms with E-state index in [0.717, 1.165) is 24.2 Å². The Kier molecular flexibility index (Phi) is 5.43. The van der Waals surface area contributed by atoms with Gasteiger partial charge in [0.25, 0.3) is 0 Å². The third kappa shape index (κ3) is 3.52. The molecule has 2 aromatic rings. The second kappa shape index (κ2) is 7.09. The maximum atomic E-state index is 6.00. The number of hydrazine groups is 1. The van der Waals surface area contributed by atoms with E-state index in [2.05, 4.69) is 24.5 Å². The summed E-state index contributed by atoms with van der Waals surface area (Å²) in [7, 11) is 1.64. The molecule has 1 aromatic heterocycles. The molecule has 0 saturated carbocycles. The van der Waals surface area contributed by atoms with E-state index >= 15 is 0 Å². The van der Waals surface area contributed by atoms with Gasteiger partial charge in [-0.05, 0) is 30.7 Å². The summed E-state index contributed by atoms with van der Waals surface area (Å²) in [6.07, 6.45) is 1.90. The third-order valence-electron chi connectivity index (χ3n) is 3.24. The van der Waals surface area contributed by atoms with E-state index in [1.807, 2.05) is 29.5 Å². The van der Waals surface area contributed by atoms with Crippen LogP contribution in [0.2, 0.25) is 5.02 Å². The Bertz CT molecular complexity index is 571. The molecule has 2 rings (SSSR count). The van der Waals surface area contributed by atoms with Crippen LogP contribution < -0.4 is 16.0 Å². The first-order valence-electron chi connectivity index (χ1n) is 6.55. The molecule has 5 heteroatoms. The smallest absolute Gasteiger partial charge is 0.125 e. The summed E-state index contributed by atoms with van der Waals surface area (Å²) in [5.41, 5.74) is 3.89. The zero-order valence-corrected chi connectivity index (χ0v) is 13.2. The second-order valence-corrected chi connectivity index (χ2v) is 6.22. The number of benzene rings is 1. The van der Waals surface area contributed by atoms with Gasteiger partial charge in [-0.15, -0.1) is 11.3 Å². The third-order valence-corrected chi connectivity index (χ3v) is 4.73. The average molecular weight is 311 g/mol. The molecule has 1 atom stereocenters. The topological polar surface area (TPSA) is 47.3 Å². The van der Waals surface area contributed by atoms with Crippen LogP contribution in [0.3, 0.4) is 0 Å². The fourth-order valence-electron chi connectivity index (χ4n) is 2.15. The Morgan fingerprint density at radius 1 is 1.30 bits per heavy atom. The minimum atomic E-state index is 0.00516. The van der Waals surface area contributed by atoms with Gasteiger partial charge in [0.2, 0.25) is 0 Å². The fraction of sp³-hybridized carbons (Fsp3) is 0.333. The standard InChI is InChI=1S/C15H19ClN2OS/c1-3-11-5-6-12(20-11)9-14(18-17)13-7-4-10(16)8-15(13)19-2/h4-8,14,18H,3,9,17H2,1-2H3. The van der Waals surface area contributed by atoms with Gasteiger partial charge in [0.15, 0.2) is 0 Å². The predicted octanol–water partition coefficient (Wildman–Crippen LogP) is 3.72. The Morgan fingerprint density at radius 3 is 2.65 bits per heavy atom. The molecule has 0 radical (unpaired) electrons. The number of methoxy groups -OCH3 is 1. The molecule has 3 nitrogen and oxygen atoms in total. The number of nitrogens with two attached hydrogens (primary N) is 1. The molecule has 0 aliphatic carbocycles. The zero-order valence-electron chi connectivity index (χ0n) is 11.7. The SMILES string of the molecule is CCc1ccc(CC(NN)c2ccc(Cl)cc2OC)s1. The van der Waals surface area contributed by atoms with Crippen molar-refractivity contribution in [2.24, 2.45) is 5.84 Å². The van der Waals surface area contributed by atoms with Crippen molar-refractivity contribution in [2.45, 2.75) is 25.8 Å². The highest BCUT2D eigenvalue weighted by Crippen LogP contribution is 2.31. The maximum absolute atomic E-state index is 6.00. The molecule has 0 amide bonds. The molecule has 0 bridgehead atoms. The first-order valence-corrected chi connectivity index (χ1v) is 7.74. The highest BCUT2D eigenvalue weighted by molar-refractivity contribution is 7.11. The molecular weight excluding hydrogens is 292 g/mol. The fourth-order valence-corrected chi connectivity index (χ4v) is 3.32. The van der Waals surface area contributed by atoms with Gasteiger partial charge in [0.1, 0.15) is 5.75 Å². The van der Waals surface area contributed by atoms with E-state index in [-0.39, 0.29) is 6.04 Å². The monoisotopic (exact) mass is 310 g/mol. The minimum absolute atomic E-state index is 0.00516. The lowest BCUT2D eigenvalue weighted by Gasteiger charge is -2.18. The summed E-state index contributed by atoms with van der Waals surface area (Å²) in [5, 5.41) is 0.658. The maximum Gasteiger partial charge on any atom is 0.125 e. The number of aryl methyl sites for hydroxylation is 1. The zero-order chi connectivity index (χ0) is 14.5. The minimum Gasteiger partial charge on any atom is -0.496 e. The van der Waals surface area contributed by atoms with Crippen molar-refractivity contribution in [3.8, 4) is 5.75 Å². The van der Waals surface area contributed by atoms with Crippen LogP contribution in [0.25, 0.3) is 0 Å². The van der Waals surface area contributed by atoms with Crippen molar-refractivity contribution in [3.05, 3.63) is 50.7 Å². The molecule has 20 heavy (non-hydrogen) atoms. The van der Waals surface area contributed by atoms with E-state index in [9.17, 15) is 0 Å². The Hall–Kier alpha value is -1.07. The molecule has 108 valence electrons. The number of hydrogen-bond donors (Lipinski definition) is 2. The number of thiophene rings is 1. The van der Waals surface area contributed by atoms with Crippen LogP contribution in [0.1, 0.15) is 28.3 Å². The summed E-state index contributed by atoms with van der Waals surface area (Å²) < 4.78 is 5.40. The van der Waals surface area contributed by atoms with Crippen molar-refractivity contribution < 1.29 is 4.74 Å². The Labute approximate surface area is 128 Å². The van der Waals surface area contributed by atoms with Gasteiger partial charge < -0.3 is 4.74 Å². The van der Waals surface area contributed by atoms with Crippen molar-refractivity contribution in [3.63, 3.8) is 0 Å². The lowest BCUT2D eigenvalue weighted by molar-refractivity contribution is 0.399. The largest absolute Gasteiger partial charge is 0.496 e. The summed E-state index contributed by atoms with van der Waals surface area (Å²) in [6, 6.07) is 9.97. The summed E-state index contributed by atoms with van der Waals surface area (Å²) >= 11 is 7.82. The average Bonchev–Trinajstić information content (AvgIpc) is 2.92. The van der Waals surface area contributed by atoms with Crippen LogP contribution in [-0.2, 0) is 12.8 Å². The molecule has 1 heterocycles. The van der Waals surface area contributed by atoms with E-state index in [4.69, 9.17) is 22.2 Å². The van der Waals surface area contributed by atoms with Crippen LogP contribution >= 0.6 is 22.9 Å². The Morgan fingerprint density at radius 2 is 2.05 bits per heavy atom. The summed E-state index contributed by atoms with van der Waals surface area (Å²) in [5.74, 6) is 6.48. The molecule has 0 fully saturated rings. The van der Waals surface area contributed by atoms with Crippen LogP contribution in [-0.4, -0.2) is 7.11 Å². The second-order valence-electron chi connectivity index (χ2n) is 4.53. The summed E-state index contributed by atoms with van der Waals surface area (Å²) in [6.45, 7) is 2.16. The normalized spacial score (nSPS) is 12.4. The number of hydrogen-bond acceptors (Lipinski definition) is 4. The highest BCUT2D eigenvalue weighted by atomic mass is 35.5. The number of halogens is 1. The first kappa shape index (κ1) is 15.3. The molecule has 3 N–H and O–H groups in total. The van der Waals surface area contributed by atoms with Gasteiger partial charge in [-0.25, -0.2) is 0 Å².